The van der Waals surface area contributed by atoms with Crippen molar-refractivity contribution in [3.05, 3.63) is 63.3 Å². The number of ether oxygens (including phenoxy) is 2. The molecule has 0 aromatic heterocycles. The lowest BCUT2D eigenvalue weighted by Gasteiger charge is -2.14. The Balaban J connectivity index is 1.89. The van der Waals surface area contributed by atoms with Gasteiger partial charge in [0.2, 0.25) is 0 Å². The van der Waals surface area contributed by atoms with Crippen LogP contribution in [0.25, 0.3) is 6.08 Å². The summed E-state index contributed by atoms with van der Waals surface area (Å²) in [6.07, 6.45) is 1.56. The molecule has 1 aliphatic heterocycles. The zero-order chi connectivity index (χ0) is 19.6. The van der Waals surface area contributed by atoms with Gasteiger partial charge in [-0.05, 0) is 42.1 Å². The van der Waals surface area contributed by atoms with Crippen LogP contribution in [0.3, 0.4) is 0 Å². The predicted octanol–water partition coefficient (Wildman–Crippen LogP) is 4.73. The van der Waals surface area contributed by atoms with Gasteiger partial charge in [0.15, 0.2) is 0 Å². The molecule has 5 nitrogen and oxygen atoms in total. The van der Waals surface area contributed by atoms with E-state index in [1.54, 1.807) is 24.3 Å². The Bertz CT molecular complexity index is 927. The van der Waals surface area contributed by atoms with E-state index in [0.717, 1.165) is 16.7 Å². The molecule has 8 heteroatoms. The minimum atomic E-state index is -0.567. The fraction of sp³-hybridized carbons (Fsp3) is 0.158. The Kier molecular flexibility index (Phi) is 5.72. The fourth-order valence-corrected chi connectivity index (χ4v) is 3.61. The normalized spacial score (nSPS) is 15.6. The zero-order valence-electron chi connectivity index (χ0n) is 14.5. The van der Waals surface area contributed by atoms with E-state index in [4.69, 9.17) is 21.1 Å². The molecule has 1 saturated heterocycles. The second-order valence-corrected chi connectivity index (χ2v) is 6.98. The first-order chi connectivity index (χ1) is 12.9. The lowest BCUT2D eigenvalue weighted by atomic mass is 10.1. The number of hydrogen-bond donors (Lipinski definition) is 0. The fourth-order valence-electron chi connectivity index (χ4n) is 2.56. The van der Waals surface area contributed by atoms with E-state index < -0.39 is 17.0 Å². The molecule has 0 atom stereocenters. The van der Waals surface area contributed by atoms with Crippen molar-refractivity contribution >= 4 is 40.6 Å². The smallest absolute Gasteiger partial charge is 0.293 e. The van der Waals surface area contributed by atoms with Gasteiger partial charge in [0.1, 0.15) is 17.3 Å². The molecule has 0 bridgehead atoms. The number of rotatable bonds is 5. The summed E-state index contributed by atoms with van der Waals surface area (Å²) in [5, 5.41) is -0.326. The lowest BCUT2D eigenvalue weighted by molar-refractivity contribution is -0.123. The van der Waals surface area contributed by atoms with E-state index in [-0.39, 0.29) is 22.0 Å². The van der Waals surface area contributed by atoms with Crippen LogP contribution in [-0.4, -0.2) is 30.3 Å². The molecule has 27 heavy (non-hydrogen) atoms. The zero-order valence-corrected chi connectivity index (χ0v) is 16.1. The lowest BCUT2D eigenvalue weighted by Crippen LogP contribution is -2.28. The Hall–Kier alpha value is -2.51. The summed E-state index contributed by atoms with van der Waals surface area (Å²) >= 11 is 6.78. The van der Waals surface area contributed by atoms with Gasteiger partial charge < -0.3 is 9.47 Å². The minimum Gasteiger partial charge on any atom is -0.497 e. The maximum Gasteiger partial charge on any atom is 0.293 e. The highest BCUT2D eigenvalue weighted by molar-refractivity contribution is 8.18. The highest BCUT2D eigenvalue weighted by atomic mass is 35.5. The number of imide groups is 1. The molecular formula is C19H15ClFNO4S. The first-order valence-corrected chi connectivity index (χ1v) is 9.04. The highest BCUT2D eigenvalue weighted by Crippen LogP contribution is 2.36. The SMILES string of the molecule is COc1ccc(/C=C2/SC(=O)N(Cc3c(F)cccc3Cl)C2=O)c(OC)c1. The minimum absolute atomic E-state index is 0.102. The number of carbonyl (C=O) groups is 2. The van der Waals surface area contributed by atoms with E-state index >= 15 is 0 Å². The Morgan fingerprint density at radius 2 is 1.96 bits per heavy atom. The molecule has 0 saturated carbocycles. The van der Waals surface area contributed by atoms with E-state index in [0.29, 0.717) is 17.1 Å². The van der Waals surface area contributed by atoms with Gasteiger partial charge in [-0.1, -0.05) is 17.7 Å². The molecule has 0 N–H and O–H groups in total. The van der Waals surface area contributed by atoms with E-state index in [2.05, 4.69) is 0 Å². The van der Waals surface area contributed by atoms with Gasteiger partial charge in [-0.3, -0.25) is 14.5 Å². The van der Waals surface area contributed by atoms with Gasteiger partial charge in [-0.15, -0.1) is 0 Å². The van der Waals surface area contributed by atoms with Crippen LogP contribution in [0, 0.1) is 5.82 Å². The molecule has 0 unspecified atom stereocenters. The van der Waals surface area contributed by atoms with Gasteiger partial charge >= 0.3 is 0 Å². The van der Waals surface area contributed by atoms with Crippen molar-refractivity contribution < 1.29 is 23.5 Å². The number of benzene rings is 2. The summed E-state index contributed by atoms with van der Waals surface area (Å²) < 4.78 is 24.4. The molecule has 0 radical (unpaired) electrons. The second kappa shape index (κ2) is 8.02. The largest absolute Gasteiger partial charge is 0.497 e. The van der Waals surface area contributed by atoms with Crippen LogP contribution < -0.4 is 9.47 Å². The van der Waals surface area contributed by atoms with E-state index in [9.17, 15) is 14.0 Å². The second-order valence-electron chi connectivity index (χ2n) is 5.58. The number of halogens is 2. The van der Waals surface area contributed by atoms with Crippen LogP contribution in [0.15, 0.2) is 41.3 Å². The summed E-state index contributed by atoms with van der Waals surface area (Å²) in [6, 6.07) is 9.33. The van der Waals surface area contributed by atoms with Crippen molar-refractivity contribution in [1.82, 2.24) is 4.90 Å². The third-order valence-electron chi connectivity index (χ3n) is 3.98. The monoisotopic (exact) mass is 407 g/mol. The third kappa shape index (κ3) is 3.94. The van der Waals surface area contributed by atoms with Crippen molar-refractivity contribution in [1.29, 1.82) is 0 Å². The number of carbonyl (C=O) groups excluding carboxylic acids is 2. The summed E-state index contributed by atoms with van der Waals surface area (Å²) in [4.78, 5) is 26.1. The molecule has 1 heterocycles. The maximum atomic E-state index is 14.0. The number of thioether (sulfide) groups is 1. The first kappa shape index (κ1) is 19.3. The van der Waals surface area contributed by atoms with Gasteiger partial charge in [0, 0.05) is 22.2 Å². The van der Waals surface area contributed by atoms with Crippen LogP contribution >= 0.6 is 23.4 Å². The standard InChI is InChI=1S/C19H15ClFNO4S/c1-25-12-7-6-11(16(9-12)26-2)8-17-18(23)22(19(24)27-17)10-13-14(20)4-3-5-15(13)21/h3-9H,10H2,1-2H3/b17-8+. The number of methoxy groups -OCH3 is 2. The topological polar surface area (TPSA) is 55.8 Å². The van der Waals surface area contributed by atoms with Crippen molar-refractivity contribution in [2.24, 2.45) is 0 Å². The number of hydrogen-bond acceptors (Lipinski definition) is 5. The van der Waals surface area contributed by atoms with E-state index in [1.807, 2.05) is 0 Å². The van der Waals surface area contributed by atoms with Crippen LogP contribution in [0.4, 0.5) is 9.18 Å². The van der Waals surface area contributed by atoms with Gasteiger partial charge in [0.05, 0.1) is 25.7 Å². The predicted molar refractivity (Wildman–Crippen MR) is 102 cm³/mol. The van der Waals surface area contributed by atoms with Crippen LogP contribution in [-0.2, 0) is 11.3 Å². The van der Waals surface area contributed by atoms with Crippen molar-refractivity contribution in [3.63, 3.8) is 0 Å². The Labute approximate surface area is 164 Å². The van der Waals surface area contributed by atoms with Crippen LogP contribution in [0.2, 0.25) is 5.02 Å². The molecule has 2 aromatic rings. The number of amides is 2. The van der Waals surface area contributed by atoms with Crippen molar-refractivity contribution in [3.8, 4) is 11.5 Å². The first-order valence-electron chi connectivity index (χ1n) is 7.85. The van der Waals surface area contributed by atoms with Gasteiger partial charge in [-0.25, -0.2) is 4.39 Å². The molecule has 0 aliphatic carbocycles. The van der Waals surface area contributed by atoms with Crippen molar-refractivity contribution in [2.45, 2.75) is 6.54 Å². The highest BCUT2D eigenvalue weighted by Gasteiger charge is 2.36. The number of nitrogens with zero attached hydrogens (tertiary/aromatic N) is 1. The molecule has 2 aromatic carbocycles. The van der Waals surface area contributed by atoms with Crippen LogP contribution in [0.5, 0.6) is 11.5 Å². The molecule has 0 spiro atoms. The molecule has 140 valence electrons. The summed E-state index contributed by atoms with van der Waals surface area (Å²) in [5.74, 6) is 0.0224. The summed E-state index contributed by atoms with van der Waals surface area (Å²) in [6.45, 7) is -0.229. The molecule has 1 aliphatic rings. The summed E-state index contributed by atoms with van der Waals surface area (Å²) in [7, 11) is 3.03. The average Bonchev–Trinajstić information content (AvgIpc) is 2.92. The summed E-state index contributed by atoms with van der Waals surface area (Å²) in [5.41, 5.74) is 0.720. The van der Waals surface area contributed by atoms with Gasteiger partial charge in [-0.2, -0.15) is 0 Å². The van der Waals surface area contributed by atoms with Crippen molar-refractivity contribution in [2.75, 3.05) is 14.2 Å². The van der Waals surface area contributed by atoms with E-state index in [1.165, 1.54) is 32.4 Å². The molecule has 3 rings (SSSR count). The molecular weight excluding hydrogens is 393 g/mol. The quantitative estimate of drug-likeness (QED) is 0.670. The van der Waals surface area contributed by atoms with Gasteiger partial charge in [0.25, 0.3) is 11.1 Å². The van der Waals surface area contributed by atoms with Crippen LogP contribution in [0.1, 0.15) is 11.1 Å². The maximum absolute atomic E-state index is 14.0. The Morgan fingerprint density at radius 3 is 2.63 bits per heavy atom. The Morgan fingerprint density at radius 1 is 1.19 bits per heavy atom. The molecule has 1 fully saturated rings. The third-order valence-corrected chi connectivity index (χ3v) is 5.24. The molecule has 2 amide bonds. The average molecular weight is 408 g/mol.